The van der Waals surface area contributed by atoms with Gasteiger partial charge in [0.15, 0.2) is 5.17 Å². The van der Waals surface area contributed by atoms with Gasteiger partial charge in [-0.1, -0.05) is 11.8 Å². The number of hydrogen-bond donors (Lipinski definition) is 2. The number of fused-ring (bicyclic) bond motifs is 1. The van der Waals surface area contributed by atoms with Crippen molar-refractivity contribution in [3.63, 3.8) is 0 Å². The molecule has 2 unspecified atom stereocenters. The summed E-state index contributed by atoms with van der Waals surface area (Å²) in [7, 11) is 0. The van der Waals surface area contributed by atoms with Crippen LogP contribution < -0.4 is 15.8 Å². The second-order valence-corrected chi connectivity index (χ2v) is 9.13. The molecule has 2 aliphatic rings. The molecule has 1 fully saturated rings. The number of amides is 1. The first-order valence-electron chi connectivity index (χ1n) is 9.34. The zero-order valence-corrected chi connectivity index (χ0v) is 17.7. The van der Waals surface area contributed by atoms with Crippen molar-refractivity contribution < 1.29 is 32.2 Å². The fraction of sp³-hybridized carbons (Fsp3) is 0.579. The van der Waals surface area contributed by atoms with Crippen LogP contribution in [0.25, 0.3) is 0 Å². The van der Waals surface area contributed by atoms with Gasteiger partial charge in [0.2, 0.25) is 0 Å². The normalized spacial score (nSPS) is 24.5. The van der Waals surface area contributed by atoms with Gasteiger partial charge in [-0.05, 0) is 45.4 Å². The van der Waals surface area contributed by atoms with Gasteiger partial charge in [0.25, 0.3) is 0 Å². The van der Waals surface area contributed by atoms with E-state index in [1.807, 2.05) is 0 Å². The van der Waals surface area contributed by atoms with Crippen LogP contribution in [0.5, 0.6) is 5.75 Å². The number of carbonyl (C=O) groups is 1. The summed E-state index contributed by atoms with van der Waals surface area (Å²) in [6, 6.07) is 3.94. The van der Waals surface area contributed by atoms with Crippen LogP contribution in [-0.2, 0) is 15.0 Å². The Labute approximate surface area is 176 Å². The molecule has 166 valence electrons. The second kappa shape index (κ2) is 8.18. The summed E-state index contributed by atoms with van der Waals surface area (Å²) in [5.74, 6) is 0.00964. The lowest BCUT2D eigenvalue weighted by atomic mass is 9.76. The van der Waals surface area contributed by atoms with Crippen LogP contribution in [0.3, 0.4) is 0 Å². The fourth-order valence-corrected chi connectivity index (χ4v) is 4.64. The summed E-state index contributed by atoms with van der Waals surface area (Å²) < 4.78 is 54.2. The number of amidine groups is 1. The summed E-state index contributed by atoms with van der Waals surface area (Å²) in [5.41, 5.74) is 4.44. The number of anilines is 1. The highest BCUT2D eigenvalue weighted by atomic mass is 32.2. The lowest BCUT2D eigenvalue weighted by Crippen LogP contribution is -2.49. The number of benzene rings is 1. The van der Waals surface area contributed by atoms with Crippen molar-refractivity contribution >= 4 is 28.7 Å². The molecular formula is C19H24F3N3O4S. The van der Waals surface area contributed by atoms with E-state index in [-0.39, 0.29) is 34.7 Å². The van der Waals surface area contributed by atoms with Crippen molar-refractivity contribution in [3.05, 3.63) is 23.8 Å². The Morgan fingerprint density at radius 2 is 2.10 bits per heavy atom. The highest BCUT2D eigenvalue weighted by Gasteiger charge is 2.49. The molecule has 11 heteroatoms. The Morgan fingerprint density at radius 3 is 2.77 bits per heavy atom. The first-order chi connectivity index (χ1) is 13.9. The van der Waals surface area contributed by atoms with Gasteiger partial charge in [-0.3, -0.25) is 5.32 Å². The van der Waals surface area contributed by atoms with Crippen molar-refractivity contribution in [2.45, 2.75) is 44.7 Å². The highest BCUT2D eigenvalue weighted by molar-refractivity contribution is 8.13. The molecule has 0 aliphatic carbocycles. The molecule has 2 heterocycles. The number of nitrogens with two attached hydrogens (primary N) is 1. The zero-order chi connectivity index (χ0) is 22.2. The van der Waals surface area contributed by atoms with E-state index in [1.54, 1.807) is 20.8 Å². The average molecular weight is 447 g/mol. The maximum Gasteiger partial charge on any atom is 0.573 e. The molecular weight excluding hydrogens is 423 g/mol. The molecule has 3 N–H and O–H groups in total. The summed E-state index contributed by atoms with van der Waals surface area (Å²) in [4.78, 5) is 16.8. The van der Waals surface area contributed by atoms with Crippen LogP contribution in [0.15, 0.2) is 23.2 Å². The van der Waals surface area contributed by atoms with Gasteiger partial charge in [-0.25, -0.2) is 9.79 Å². The van der Waals surface area contributed by atoms with E-state index in [0.29, 0.717) is 18.8 Å². The van der Waals surface area contributed by atoms with Crippen molar-refractivity contribution in [2.75, 3.05) is 24.7 Å². The number of hydrogen-bond acceptors (Lipinski definition) is 7. The highest BCUT2D eigenvalue weighted by Crippen LogP contribution is 2.48. The van der Waals surface area contributed by atoms with E-state index in [9.17, 15) is 18.0 Å². The average Bonchev–Trinajstić information content (AvgIpc) is 2.60. The van der Waals surface area contributed by atoms with Gasteiger partial charge in [-0.15, -0.1) is 13.2 Å². The largest absolute Gasteiger partial charge is 0.573 e. The third-order valence-electron chi connectivity index (χ3n) is 4.63. The standard InChI is InChI=1S/C19H24F3N3O4S/c1-17(2,3)29-16(26)24-15-25-18(10-27-7-6-11(18)9-30-15)13-8-12(23)4-5-14(13)28-19(20,21)22/h4-5,8,11H,6-7,9-10,23H2,1-3H3,(H,24,25,26). The van der Waals surface area contributed by atoms with Gasteiger partial charge >= 0.3 is 12.5 Å². The third-order valence-corrected chi connectivity index (χ3v) is 5.67. The van der Waals surface area contributed by atoms with Gasteiger partial charge in [-0.2, -0.15) is 0 Å². The molecule has 1 aromatic rings. The van der Waals surface area contributed by atoms with Gasteiger partial charge in [0, 0.05) is 29.5 Å². The Kier molecular flexibility index (Phi) is 6.15. The number of nitrogen functional groups attached to an aromatic ring is 1. The number of nitrogens with zero attached hydrogens (tertiary/aromatic N) is 1. The Bertz CT molecular complexity index is 841. The first-order valence-corrected chi connectivity index (χ1v) is 10.3. The van der Waals surface area contributed by atoms with E-state index in [2.05, 4.69) is 15.0 Å². The molecule has 30 heavy (non-hydrogen) atoms. The number of nitrogens with one attached hydrogen (secondary N) is 1. The molecule has 0 radical (unpaired) electrons. The number of halogens is 3. The molecule has 7 nitrogen and oxygen atoms in total. The topological polar surface area (TPSA) is 95.2 Å². The van der Waals surface area contributed by atoms with Crippen LogP contribution in [0.1, 0.15) is 32.8 Å². The molecule has 0 bridgehead atoms. The summed E-state index contributed by atoms with van der Waals surface area (Å²) in [6.07, 6.45) is -4.98. The van der Waals surface area contributed by atoms with Crippen molar-refractivity contribution in [2.24, 2.45) is 10.9 Å². The number of rotatable bonds is 2. The van der Waals surface area contributed by atoms with Gasteiger partial charge in [0.05, 0.1) is 6.61 Å². The molecule has 1 aromatic carbocycles. The minimum Gasteiger partial charge on any atom is -0.444 e. The first kappa shape index (κ1) is 22.5. The predicted octanol–water partition coefficient (Wildman–Crippen LogP) is 4.03. The van der Waals surface area contributed by atoms with E-state index >= 15 is 0 Å². The molecule has 3 rings (SSSR count). The van der Waals surface area contributed by atoms with Crippen molar-refractivity contribution in [1.82, 2.24) is 5.32 Å². The Morgan fingerprint density at radius 1 is 1.37 bits per heavy atom. The summed E-state index contributed by atoms with van der Waals surface area (Å²) in [5, 5.41) is 2.83. The Hall–Kier alpha value is -2.14. The minimum atomic E-state index is -4.88. The lowest BCUT2D eigenvalue weighted by Gasteiger charge is -2.44. The van der Waals surface area contributed by atoms with E-state index in [4.69, 9.17) is 15.2 Å². The quantitative estimate of drug-likeness (QED) is 0.665. The molecule has 1 amide bonds. The predicted molar refractivity (Wildman–Crippen MR) is 107 cm³/mol. The SMILES string of the molecule is CC(C)(C)OC(=O)NC1=NC2(c3cc(N)ccc3OC(F)(F)F)COCCC2CS1. The number of carbonyl (C=O) groups excluding carboxylic acids is 1. The zero-order valence-electron chi connectivity index (χ0n) is 16.8. The van der Waals surface area contributed by atoms with Crippen LogP contribution in [0.2, 0.25) is 0 Å². The summed E-state index contributed by atoms with van der Waals surface area (Å²) >= 11 is 1.31. The molecule has 0 spiro atoms. The minimum absolute atomic E-state index is 0.0371. The summed E-state index contributed by atoms with van der Waals surface area (Å²) in [6.45, 7) is 5.68. The maximum atomic E-state index is 13.0. The van der Waals surface area contributed by atoms with Gasteiger partial charge in [0.1, 0.15) is 16.9 Å². The Balaban J connectivity index is 2.02. The monoisotopic (exact) mass is 447 g/mol. The van der Waals surface area contributed by atoms with Crippen LogP contribution in [-0.4, -0.2) is 42.2 Å². The fourth-order valence-electron chi connectivity index (χ4n) is 3.46. The van der Waals surface area contributed by atoms with Crippen molar-refractivity contribution in [3.8, 4) is 5.75 Å². The molecule has 2 atom stereocenters. The molecule has 2 aliphatic heterocycles. The smallest absolute Gasteiger partial charge is 0.444 e. The van der Waals surface area contributed by atoms with Crippen LogP contribution in [0, 0.1) is 5.92 Å². The van der Waals surface area contributed by atoms with E-state index in [1.165, 1.54) is 30.0 Å². The van der Waals surface area contributed by atoms with Crippen LogP contribution in [0.4, 0.5) is 23.7 Å². The van der Waals surface area contributed by atoms with E-state index < -0.39 is 23.6 Å². The molecule has 1 saturated heterocycles. The second-order valence-electron chi connectivity index (χ2n) is 8.12. The third kappa shape index (κ3) is 5.31. The molecule has 0 saturated carbocycles. The number of ether oxygens (including phenoxy) is 3. The van der Waals surface area contributed by atoms with Crippen molar-refractivity contribution in [1.29, 1.82) is 0 Å². The number of alkyl halides is 3. The number of thioether (sulfide) groups is 1. The van der Waals surface area contributed by atoms with E-state index in [0.717, 1.165) is 0 Å². The van der Waals surface area contributed by atoms with Crippen LogP contribution >= 0.6 is 11.8 Å². The van der Waals surface area contributed by atoms with Gasteiger partial charge < -0.3 is 19.9 Å². The lowest BCUT2D eigenvalue weighted by molar-refractivity contribution is -0.275. The molecule has 0 aromatic heterocycles. The number of alkyl carbamates (subject to hydrolysis) is 1. The maximum absolute atomic E-state index is 13.0. The number of aliphatic imine (C=N–C) groups is 1.